The molecule has 0 amide bonds. The molecule has 0 radical (unpaired) electrons. The summed E-state index contributed by atoms with van der Waals surface area (Å²) in [6, 6.07) is 13.0. The first-order valence-corrected chi connectivity index (χ1v) is 8.96. The lowest BCUT2D eigenvalue weighted by Gasteiger charge is -2.10. The normalized spacial score (nSPS) is 10.7. The third-order valence-electron chi connectivity index (χ3n) is 3.31. The van der Waals surface area contributed by atoms with Crippen molar-refractivity contribution >= 4 is 29.1 Å². The van der Waals surface area contributed by atoms with Crippen LogP contribution in [0.4, 0.5) is 5.69 Å². The second-order valence-electron chi connectivity index (χ2n) is 4.98. The van der Waals surface area contributed by atoms with E-state index in [1.807, 2.05) is 42.5 Å². The summed E-state index contributed by atoms with van der Waals surface area (Å²) in [5.74, 6) is 2.62. The largest absolute Gasteiger partial charge is 0.468 e. The van der Waals surface area contributed by atoms with Crippen LogP contribution in [0.1, 0.15) is 5.76 Å². The lowest BCUT2D eigenvalue weighted by molar-refractivity contribution is 0.530. The Morgan fingerprint density at radius 1 is 1.21 bits per heavy atom. The molecule has 0 aliphatic heterocycles. The number of nitrogens with one attached hydrogen (secondary N) is 1. The smallest absolute Gasteiger partial charge is 0.292 e. The number of furan rings is 1. The van der Waals surface area contributed by atoms with Crippen LogP contribution >= 0.6 is 23.4 Å². The summed E-state index contributed by atoms with van der Waals surface area (Å²) in [6.07, 6.45) is 3.25. The van der Waals surface area contributed by atoms with Crippen LogP contribution in [0.5, 0.6) is 0 Å². The second kappa shape index (κ2) is 8.08. The van der Waals surface area contributed by atoms with Gasteiger partial charge in [-0.1, -0.05) is 29.8 Å². The SMILES string of the molecule is O=c1c(Cl)c(NCCSCc2ccco2)cnn1-c1ccccc1. The molecule has 3 rings (SSSR count). The first-order chi connectivity index (χ1) is 11.8. The molecule has 5 nitrogen and oxygen atoms in total. The van der Waals surface area contributed by atoms with Gasteiger partial charge in [0.1, 0.15) is 10.8 Å². The molecule has 0 unspecified atom stereocenters. The Morgan fingerprint density at radius 2 is 2.04 bits per heavy atom. The average Bonchev–Trinajstić information content (AvgIpc) is 3.12. The standard InChI is InChI=1S/C17H16ClN3O2S/c18-16-15(19-8-10-24-12-14-7-4-9-23-14)11-20-21(17(16)22)13-5-2-1-3-6-13/h1-7,9,11,19H,8,10,12H2. The van der Waals surface area contributed by atoms with Crippen LogP contribution in [0, 0.1) is 0 Å². The highest BCUT2D eigenvalue weighted by Gasteiger charge is 2.10. The Morgan fingerprint density at radius 3 is 2.79 bits per heavy atom. The maximum Gasteiger partial charge on any atom is 0.292 e. The van der Waals surface area contributed by atoms with Crippen LogP contribution in [-0.4, -0.2) is 22.1 Å². The van der Waals surface area contributed by atoms with E-state index >= 15 is 0 Å². The van der Waals surface area contributed by atoms with E-state index in [0.717, 1.165) is 17.3 Å². The van der Waals surface area contributed by atoms with Gasteiger partial charge in [0, 0.05) is 12.3 Å². The molecule has 2 heterocycles. The molecule has 2 aromatic heterocycles. The molecule has 1 N–H and O–H groups in total. The molecular formula is C17H16ClN3O2S. The van der Waals surface area contributed by atoms with Crippen molar-refractivity contribution in [3.05, 3.63) is 76.1 Å². The zero-order chi connectivity index (χ0) is 16.8. The highest BCUT2D eigenvalue weighted by molar-refractivity contribution is 7.98. The van der Waals surface area contributed by atoms with E-state index in [1.54, 1.807) is 24.2 Å². The number of thioether (sulfide) groups is 1. The Balaban J connectivity index is 1.58. The number of rotatable bonds is 7. The van der Waals surface area contributed by atoms with E-state index in [1.165, 1.54) is 4.68 Å². The lowest BCUT2D eigenvalue weighted by atomic mass is 10.3. The average molecular weight is 362 g/mol. The van der Waals surface area contributed by atoms with Crippen molar-refractivity contribution in [3.8, 4) is 5.69 Å². The number of hydrogen-bond acceptors (Lipinski definition) is 5. The van der Waals surface area contributed by atoms with Crippen molar-refractivity contribution in [1.82, 2.24) is 9.78 Å². The molecular weight excluding hydrogens is 346 g/mol. The Kier molecular flexibility index (Phi) is 5.61. The van der Waals surface area contributed by atoms with Crippen molar-refractivity contribution in [3.63, 3.8) is 0 Å². The topological polar surface area (TPSA) is 60.1 Å². The van der Waals surface area contributed by atoms with Crippen molar-refractivity contribution in [2.45, 2.75) is 5.75 Å². The van der Waals surface area contributed by atoms with E-state index in [9.17, 15) is 4.79 Å². The summed E-state index contributed by atoms with van der Waals surface area (Å²) in [5.41, 5.74) is 0.897. The van der Waals surface area contributed by atoms with Crippen LogP contribution in [0.15, 0.2) is 64.1 Å². The zero-order valence-corrected chi connectivity index (χ0v) is 14.4. The van der Waals surface area contributed by atoms with Crippen molar-refractivity contribution < 1.29 is 4.42 Å². The summed E-state index contributed by atoms with van der Waals surface area (Å²) < 4.78 is 6.56. The lowest BCUT2D eigenvalue weighted by Crippen LogP contribution is -2.23. The van der Waals surface area contributed by atoms with Gasteiger partial charge >= 0.3 is 0 Å². The molecule has 0 fully saturated rings. The molecule has 1 aromatic carbocycles. The van der Waals surface area contributed by atoms with Crippen LogP contribution in [0.3, 0.4) is 0 Å². The quantitative estimate of drug-likeness (QED) is 0.648. The first-order valence-electron chi connectivity index (χ1n) is 7.43. The maximum atomic E-state index is 12.3. The van der Waals surface area contributed by atoms with Gasteiger partial charge in [-0.15, -0.1) is 0 Å². The van der Waals surface area contributed by atoms with Crippen LogP contribution in [-0.2, 0) is 5.75 Å². The number of hydrogen-bond donors (Lipinski definition) is 1. The number of benzene rings is 1. The molecule has 0 saturated carbocycles. The van der Waals surface area contributed by atoms with Gasteiger partial charge in [-0.05, 0) is 24.3 Å². The van der Waals surface area contributed by atoms with Crippen LogP contribution in [0.25, 0.3) is 5.69 Å². The third-order valence-corrected chi connectivity index (χ3v) is 4.65. The molecule has 0 saturated heterocycles. The van der Waals surface area contributed by atoms with Crippen LogP contribution < -0.4 is 10.9 Å². The van der Waals surface area contributed by atoms with E-state index in [0.29, 0.717) is 17.9 Å². The summed E-state index contributed by atoms with van der Waals surface area (Å²) >= 11 is 7.92. The molecule has 0 atom stereocenters. The highest BCUT2D eigenvalue weighted by atomic mass is 35.5. The summed E-state index contributed by atoms with van der Waals surface area (Å²) in [5, 5.41) is 7.48. The number of halogens is 1. The Bertz CT molecular complexity index is 835. The summed E-state index contributed by atoms with van der Waals surface area (Å²) in [6.45, 7) is 0.682. The van der Waals surface area contributed by atoms with Gasteiger partial charge < -0.3 is 9.73 Å². The van der Waals surface area contributed by atoms with Gasteiger partial charge in [0.2, 0.25) is 0 Å². The van der Waals surface area contributed by atoms with Crippen LogP contribution in [0.2, 0.25) is 5.02 Å². The molecule has 0 aliphatic rings. The van der Waals surface area contributed by atoms with E-state index in [-0.39, 0.29) is 10.6 Å². The highest BCUT2D eigenvalue weighted by Crippen LogP contribution is 2.17. The van der Waals surface area contributed by atoms with Crippen molar-refractivity contribution in [2.75, 3.05) is 17.6 Å². The monoisotopic (exact) mass is 361 g/mol. The van der Waals surface area contributed by atoms with Gasteiger partial charge in [-0.25, -0.2) is 0 Å². The number of anilines is 1. The fraction of sp³-hybridized carbons (Fsp3) is 0.176. The molecule has 3 aromatic rings. The van der Waals surface area contributed by atoms with E-state index in [2.05, 4.69) is 10.4 Å². The van der Waals surface area contributed by atoms with E-state index in [4.69, 9.17) is 16.0 Å². The van der Waals surface area contributed by atoms with E-state index < -0.39 is 0 Å². The van der Waals surface area contributed by atoms with Crippen molar-refractivity contribution in [1.29, 1.82) is 0 Å². The minimum Gasteiger partial charge on any atom is -0.468 e. The van der Waals surface area contributed by atoms with Gasteiger partial charge in [0.15, 0.2) is 0 Å². The van der Waals surface area contributed by atoms with Crippen molar-refractivity contribution in [2.24, 2.45) is 0 Å². The molecule has 0 aliphatic carbocycles. The van der Waals surface area contributed by atoms with Gasteiger partial charge in [-0.2, -0.15) is 21.5 Å². The second-order valence-corrected chi connectivity index (χ2v) is 6.47. The first kappa shape index (κ1) is 16.7. The molecule has 24 heavy (non-hydrogen) atoms. The van der Waals surface area contributed by atoms with Gasteiger partial charge in [0.25, 0.3) is 5.56 Å². The number of para-hydroxylation sites is 1. The number of nitrogens with zero attached hydrogens (tertiary/aromatic N) is 2. The third kappa shape index (κ3) is 4.01. The predicted molar refractivity (Wildman–Crippen MR) is 98.2 cm³/mol. The minimum atomic E-state index is -0.337. The minimum absolute atomic E-state index is 0.143. The molecule has 7 heteroatoms. The predicted octanol–water partition coefficient (Wildman–Crippen LogP) is 3.82. The Hall–Kier alpha value is -2.18. The number of aromatic nitrogens is 2. The molecule has 0 bridgehead atoms. The fourth-order valence-electron chi connectivity index (χ4n) is 2.13. The summed E-state index contributed by atoms with van der Waals surface area (Å²) in [4.78, 5) is 12.3. The fourth-order valence-corrected chi connectivity index (χ4v) is 3.09. The maximum absolute atomic E-state index is 12.3. The summed E-state index contributed by atoms with van der Waals surface area (Å²) in [7, 11) is 0. The van der Waals surface area contributed by atoms with Gasteiger partial charge in [0.05, 0.1) is 29.6 Å². The van der Waals surface area contributed by atoms with Gasteiger partial charge in [-0.3, -0.25) is 4.79 Å². The molecule has 0 spiro atoms. The Labute approximate surface area is 148 Å². The molecule has 124 valence electrons. The zero-order valence-electron chi connectivity index (χ0n) is 12.8.